The molecule has 76 heavy (non-hydrogen) atoms. The lowest BCUT2D eigenvalue weighted by Gasteiger charge is -2.24. The first-order chi connectivity index (χ1) is 35.7. The lowest BCUT2D eigenvalue weighted by Crippen LogP contribution is -2.45. The van der Waals surface area contributed by atoms with Crippen molar-refractivity contribution >= 4 is 84.7 Å². The van der Waals surface area contributed by atoms with Gasteiger partial charge < -0.3 is 66.1 Å². The van der Waals surface area contributed by atoms with Crippen molar-refractivity contribution in [2.45, 2.75) is 74.8 Å². The van der Waals surface area contributed by atoms with E-state index < -0.39 is 143 Å². The molecule has 41 heteroatoms. The molecule has 0 aromatic carbocycles. The van der Waals surface area contributed by atoms with E-state index in [4.69, 9.17) is 45.2 Å². The number of H-pyrrole nitrogens is 2. The van der Waals surface area contributed by atoms with Crippen LogP contribution in [0.15, 0.2) is 34.9 Å². The molecule has 3 aliphatic rings. The van der Waals surface area contributed by atoms with E-state index in [-0.39, 0.29) is 57.6 Å². The number of aromatic amines is 2. The van der Waals surface area contributed by atoms with E-state index in [1.165, 1.54) is 40.5 Å². The minimum atomic E-state index is -6.12. The number of sulfonamides is 1. The number of hydrogen-bond acceptors (Lipinski definition) is 27. The van der Waals surface area contributed by atoms with Crippen molar-refractivity contribution in [1.82, 2.24) is 58.3 Å². The Bertz CT molecular complexity index is 3560. The normalized spacial score (nSPS) is 29.6. The van der Waals surface area contributed by atoms with Gasteiger partial charge in [0.2, 0.25) is 27.7 Å². The summed E-state index contributed by atoms with van der Waals surface area (Å²) in [7, 11) is -19.6. The summed E-state index contributed by atoms with van der Waals surface area (Å²) in [6, 6.07) is 0. The molecule has 9 rings (SSSR count). The minimum Gasteiger partial charge on any atom is -0.387 e. The predicted molar refractivity (Wildman–Crippen MR) is 251 cm³/mol. The van der Waals surface area contributed by atoms with Crippen LogP contribution >= 0.6 is 23.5 Å². The second kappa shape index (κ2) is 20.8. The zero-order chi connectivity index (χ0) is 55.0. The number of phosphoric acid groups is 3. The standard InChI is InChI=1S/C35H49N16O21P3S/c1-4-13-16(69-31(21(13)52)51-12-48(2)20-28(51)45-35(38)47-30(20)56)6-66-73(57,58)71-75(61,62)72-74(59,60)67-7-17-14(24(65-3)33(70-17)49-10-41-18-25(36)39-9-40-26(18)49)8-76(63,64)43-5-15-22(53)23(54)32(68-15)50-11-42-19-27(50)44-34(37)46-29(19)55/h9-17,21-24,31-33,43,52-54H,4-8H2,1-3H3,(H10-,36,37,38,39,40,44,45,46,47,55,56,57,58,59,60,61,62)/p+1/t13-,14-,15-,16-,17-,21-,22-,23-,24-,31-,32-,33-/m1/s1. The third-order valence-corrected chi connectivity index (χ3v) is 18.4. The van der Waals surface area contributed by atoms with E-state index in [2.05, 4.69) is 53.2 Å². The van der Waals surface area contributed by atoms with Gasteiger partial charge in [-0.25, -0.2) is 51.3 Å². The van der Waals surface area contributed by atoms with Crippen molar-refractivity contribution in [3.05, 3.63) is 46.0 Å². The van der Waals surface area contributed by atoms with Crippen molar-refractivity contribution < 1.29 is 93.3 Å². The third-order valence-electron chi connectivity index (χ3n) is 12.7. The Kier molecular flexibility index (Phi) is 15.2. The lowest BCUT2D eigenvalue weighted by molar-refractivity contribution is -0.745. The smallest absolute Gasteiger partial charge is 0.387 e. The number of anilines is 3. The van der Waals surface area contributed by atoms with Crippen LogP contribution in [0.5, 0.6) is 0 Å². The SMILES string of the molecule is CC[C@H]1[C@@H](O)[C@H]([n+]2cn(C)c3c(=O)[nH]c(N)nc32)O[C@@H]1COP(=O)(O)OP(=O)(O)OP(=O)(O)OC[C@H]1O[C@@H](n2cnc3c(N)ncnc32)[C@H](OC)[C@@H]1CS(=O)(=O)NC[C@H]1O[C@@H](n2cnc3c(=O)[nH]c(N)nc32)[C@H](O)[C@@H]1O. The molecule has 0 radical (unpaired) electrons. The average Bonchev–Trinajstić information content (AvgIpc) is 4.20. The van der Waals surface area contributed by atoms with Crippen molar-refractivity contribution in [2.75, 3.05) is 49.8 Å². The second-order valence-electron chi connectivity index (χ2n) is 17.5. The highest BCUT2D eigenvalue weighted by Crippen LogP contribution is 2.68. The molecule has 416 valence electrons. The van der Waals surface area contributed by atoms with Gasteiger partial charge in [-0.3, -0.25) is 42.3 Å². The van der Waals surface area contributed by atoms with Crippen LogP contribution in [0, 0.1) is 11.8 Å². The third kappa shape index (κ3) is 10.9. The monoisotopic (exact) mass is 1160 g/mol. The molecule has 6 aromatic heterocycles. The molecule has 0 bridgehead atoms. The summed E-state index contributed by atoms with van der Waals surface area (Å²) in [4.78, 5) is 85.5. The molecular weight excluding hydrogens is 1110 g/mol. The summed E-state index contributed by atoms with van der Waals surface area (Å²) in [5.74, 6) is -3.74. The van der Waals surface area contributed by atoms with Crippen LogP contribution in [-0.2, 0) is 67.4 Å². The Morgan fingerprint density at radius 2 is 1.38 bits per heavy atom. The molecule has 0 aliphatic carbocycles. The second-order valence-corrected chi connectivity index (χ2v) is 24.0. The van der Waals surface area contributed by atoms with Crippen LogP contribution < -0.4 is 37.6 Å². The Labute approximate surface area is 424 Å². The summed E-state index contributed by atoms with van der Waals surface area (Å²) >= 11 is 0. The maximum absolute atomic E-state index is 13.9. The maximum Gasteiger partial charge on any atom is 0.490 e. The van der Waals surface area contributed by atoms with Gasteiger partial charge in [-0.05, 0) is 6.42 Å². The van der Waals surface area contributed by atoms with Crippen LogP contribution in [0.4, 0.5) is 17.7 Å². The number of aryl methyl sites for hydroxylation is 1. The fourth-order valence-electron chi connectivity index (χ4n) is 9.30. The number of ether oxygens (including phenoxy) is 4. The number of phosphoric ester groups is 2. The first-order valence-electron chi connectivity index (χ1n) is 22.3. The van der Waals surface area contributed by atoms with Gasteiger partial charge in [0.15, 0.2) is 41.4 Å². The van der Waals surface area contributed by atoms with Crippen LogP contribution in [0.25, 0.3) is 33.5 Å². The number of nitrogen functional groups attached to an aromatic ring is 3. The number of fused-ring (bicyclic) bond motifs is 3. The molecule has 0 saturated carbocycles. The van der Waals surface area contributed by atoms with Gasteiger partial charge in [0.25, 0.3) is 17.1 Å². The van der Waals surface area contributed by atoms with Gasteiger partial charge in [-0.1, -0.05) is 11.9 Å². The minimum absolute atomic E-state index is 0.0225. The number of imidazole rings is 3. The summed E-state index contributed by atoms with van der Waals surface area (Å²) in [6.45, 7) is -1.02. The van der Waals surface area contributed by atoms with Crippen LogP contribution in [0.3, 0.4) is 0 Å². The van der Waals surface area contributed by atoms with Crippen LogP contribution in [0.2, 0.25) is 0 Å². The highest BCUT2D eigenvalue weighted by molar-refractivity contribution is 7.89. The molecule has 3 saturated heterocycles. The van der Waals surface area contributed by atoms with E-state index in [1.807, 2.05) is 0 Å². The van der Waals surface area contributed by atoms with Crippen molar-refractivity contribution in [3.8, 4) is 0 Å². The summed E-state index contributed by atoms with van der Waals surface area (Å²) in [5, 5.41) is 33.1. The van der Waals surface area contributed by atoms with E-state index in [0.29, 0.717) is 0 Å². The van der Waals surface area contributed by atoms with Crippen molar-refractivity contribution in [1.29, 1.82) is 0 Å². The Morgan fingerprint density at radius 3 is 2.04 bits per heavy atom. The number of aliphatic hydroxyl groups excluding tert-OH is 3. The number of nitrogens with two attached hydrogens (primary N) is 3. The Hall–Kier alpha value is -5.31. The van der Waals surface area contributed by atoms with Crippen molar-refractivity contribution in [3.63, 3.8) is 0 Å². The molecule has 6 aromatic rings. The molecule has 9 heterocycles. The van der Waals surface area contributed by atoms with E-state index in [1.54, 1.807) is 6.92 Å². The van der Waals surface area contributed by atoms with E-state index >= 15 is 0 Å². The largest absolute Gasteiger partial charge is 0.490 e. The summed E-state index contributed by atoms with van der Waals surface area (Å²) in [6.07, 6.45) is -9.35. The molecule has 15 N–H and O–H groups in total. The molecule has 3 unspecified atom stereocenters. The summed E-state index contributed by atoms with van der Waals surface area (Å²) < 4.78 is 117. The molecule has 3 aliphatic heterocycles. The number of aromatic nitrogens is 12. The summed E-state index contributed by atoms with van der Waals surface area (Å²) in [5.41, 5.74) is 16.1. The number of methoxy groups -OCH3 is 1. The van der Waals surface area contributed by atoms with Gasteiger partial charge in [0, 0.05) is 25.5 Å². The topological polar surface area (TPSA) is 532 Å². The highest BCUT2D eigenvalue weighted by atomic mass is 32.2. The number of rotatable bonds is 20. The number of aliphatic hydroxyl groups is 3. The highest BCUT2D eigenvalue weighted by Gasteiger charge is 2.52. The molecule has 0 spiro atoms. The zero-order valence-corrected chi connectivity index (χ0v) is 43.0. The first-order valence-corrected chi connectivity index (χ1v) is 28.5. The van der Waals surface area contributed by atoms with E-state index in [9.17, 15) is 61.7 Å². The molecule has 37 nitrogen and oxygen atoms in total. The Balaban J connectivity index is 0.867. The van der Waals surface area contributed by atoms with Crippen LogP contribution in [-0.4, -0.2) is 167 Å². The maximum atomic E-state index is 13.9. The van der Waals surface area contributed by atoms with Crippen molar-refractivity contribution in [2.24, 2.45) is 18.9 Å². The van der Waals surface area contributed by atoms with Gasteiger partial charge in [-0.15, -0.1) is 0 Å². The predicted octanol–water partition coefficient (Wildman–Crippen LogP) is -4.01. The molecule has 0 amide bonds. The van der Waals surface area contributed by atoms with E-state index in [0.717, 1.165) is 17.2 Å². The van der Waals surface area contributed by atoms with Gasteiger partial charge in [0.05, 0.1) is 50.9 Å². The zero-order valence-electron chi connectivity index (χ0n) is 39.5. The molecule has 15 atom stereocenters. The fraction of sp³-hybridized carbons (Fsp3) is 0.571. The van der Waals surface area contributed by atoms with Gasteiger partial charge >= 0.3 is 29.1 Å². The van der Waals surface area contributed by atoms with Gasteiger partial charge in [0.1, 0.15) is 42.4 Å². The van der Waals surface area contributed by atoms with Gasteiger partial charge in [-0.2, -0.15) is 13.6 Å². The lowest BCUT2D eigenvalue weighted by atomic mass is 9.95. The quantitative estimate of drug-likeness (QED) is 0.0256. The Morgan fingerprint density at radius 1 is 0.776 bits per heavy atom. The number of hydrogen-bond donors (Lipinski definition) is 12. The fourth-order valence-corrected chi connectivity index (χ4v) is 14.3. The number of nitrogens with one attached hydrogen (secondary N) is 3. The average molecular weight is 1160 g/mol. The molecule has 3 fully saturated rings. The number of nitrogens with zero attached hydrogens (tertiary/aromatic N) is 10. The molecular formula is C35H50N16O21P3S+. The first kappa shape index (κ1) is 55.4. The van der Waals surface area contributed by atoms with Crippen LogP contribution in [0.1, 0.15) is 32.0 Å².